The third-order valence-corrected chi connectivity index (χ3v) is 6.99. The van der Waals surface area contributed by atoms with Crippen LogP contribution in [0, 0.1) is 5.92 Å². The van der Waals surface area contributed by atoms with Crippen molar-refractivity contribution in [1.82, 2.24) is 19.7 Å². The first-order chi connectivity index (χ1) is 16.5. The second-order valence-electron chi connectivity index (χ2n) is 8.18. The average Bonchev–Trinajstić information content (AvgIpc) is 3.29. The van der Waals surface area contributed by atoms with Gasteiger partial charge in [0.2, 0.25) is 5.91 Å². The molecule has 1 amide bonds. The maximum atomic E-state index is 12.8. The summed E-state index contributed by atoms with van der Waals surface area (Å²) in [5.74, 6) is 0.210. The van der Waals surface area contributed by atoms with E-state index in [2.05, 4.69) is 26.9 Å². The van der Waals surface area contributed by atoms with E-state index < -0.39 is 11.9 Å². The zero-order chi connectivity index (χ0) is 23.9. The highest BCUT2D eigenvalue weighted by Gasteiger charge is 2.24. The molecule has 4 rings (SSSR count). The molecule has 1 aliphatic rings. The summed E-state index contributed by atoms with van der Waals surface area (Å²) in [6, 6.07) is 17.9. The summed E-state index contributed by atoms with van der Waals surface area (Å²) in [7, 11) is 1.63. The minimum absolute atomic E-state index is 0.0228. The minimum atomic E-state index is -1.03. The number of carbonyl (C=O) groups excluding carboxylic acids is 2. The van der Waals surface area contributed by atoms with Crippen molar-refractivity contribution in [3.63, 3.8) is 0 Å². The van der Waals surface area contributed by atoms with Gasteiger partial charge >= 0.3 is 0 Å². The standard InChI is InChI=1S/C25H28N4O4S/c1-33-21-9-7-19(8-10-21)23-26-27-25(29(23)16-11-18-5-3-2-4-6-18)34-17-22(30)28-14-12-20(13-15-28)24(31)32/h2-10,20H,11-17H2,1H3,(H,31,32)/p-1. The number of rotatable bonds is 9. The number of carbonyl (C=O) groups is 2. The number of likely N-dealkylation sites (tertiary alicyclic amines) is 1. The molecular weight excluding hydrogens is 452 g/mol. The average molecular weight is 480 g/mol. The fraction of sp³-hybridized carbons (Fsp3) is 0.360. The lowest BCUT2D eigenvalue weighted by atomic mass is 9.97. The third kappa shape index (κ3) is 5.77. The molecule has 1 aromatic heterocycles. The molecule has 0 atom stereocenters. The van der Waals surface area contributed by atoms with Crippen molar-refractivity contribution in [1.29, 1.82) is 0 Å². The van der Waals surface area contributed by atoms with E-state index in [-0.39, 0.29) is 11.7 Å². The number of aliphatic carboxylic acids is 1. The summed E-state index contributed by atoms with van der Waals surface area (Å²) in [5.41, 5.74) is 2.13. The van der Waals surface area contributed by atoms with E-state index in [0.717, 1.165) is 23.6 Å². The molecule has 0 N–H and O–H groups in total. The number of thioether (sulfide) groups is 1. The van der Waals surface area contributed by atoms with Crippen LogP contribution < -0.4 is 9.84 Å². The maximum absolute atomic E-state index is 12.8. The molecule has 0 spiro atoms. The summed E-state index contributed by atoms with van der Waals surface area (Å²) in [5, 5.41) is 20.6. The van der Waals surface area contributed by atoms with E-state index in [1.54, 1.807) is 12.0 Å². The fourth-order valence-corrected chi connectivity index (χ4v) is 4.89. The molecule has 0 unspecified atom stereocenters. The van der Waals surface area contributed by atoms with E-state index in [1.165, 1.54) is 17.3 Å². The molecule has 9 heteroatoms. The zero-order valence-electron chi connectivity index (χ0n) is 19.1. The highest BCUT2D eigenvalue weighted by atomic mass is 32.2. The van der Waals surface area contributed by atoms with Gasteiger partial charge in [-0.05, 0) is 49.1 Å². The third-order valence-electron chi connectivity index (χ3n) is 6.04. The van der Waals surface area contributed by atoms with Crippen LogP contribution >= 0.6 is 11.8 Å². The smallest absolute Gasteiger partial charge is 0.233 e. The molecule has 0 saturated carbocycles. The van der Waals surface area contributed by atoms with Crippen LogP contribution in [0.3, 0.4) is 0 Å². The largest absolute Gasteiger partial charge is 0.550 e. The number of amides is 1. The van der Waals surface area contributed by atoms with Crippen LogP contribution in [0.25, 0.3) is 11.4 Å². The highest BCUT2D eigenvalue weighted by Crippen LogP contribution is 2.27. The Morgan fingerprint density at radius 1 is 1.06 bits per heavy atom. The number of aromatic nitrogens is 3. The van der Waals surface area contributed by atoms with Crippen molar-refractivity contribution in [3.8, 4) is 17.1 Å². The first-order valence-electron chi connectivity index (χ1n) is 11.3. The number of carboxylic acid groups (broad SMARTS) is 1. The maximum Gasteiger partial charge on any atom is 0.233 e. The van der Waals surface area contributed by atoms with Crippen molar-refractivity contribution in [2.75, 3.05) is 26.0 Å². The van der Waals surface area contributed by atoms with Crippen molar-refractivity contribution < 1.29 is 19.4 Å². The minimum Gasteiger partial charge on any atom is -0.550 e. The molecule has 0 bridgehead atoms. The predicted octanol–water partition coefficient (Wildman–Crippen LogP) is 2.28. The van der Waals surface area contributed by atoms with Gasteiger partial charge in [-0.1, -0.05) is 42.1 Å². The van der Waals surface area contributed by atoms with Gasteiger partial charge in [0.25, 0.3) is 0 Å². The number of benzene rings is 2. The van der Waals surface area contributed by atoms with Gasteiger partial charge < -0.3 is 24.1 Å². The van der Waals surface area contributed by atoms with Crippen molar-refractivity contribution in [3.05, 3.63) is 60.2 Å². The number of methoxy groups -OCH3 is 1. The van der Waals surface area contributed by atoms with Gasteiger partial charge in [0.15, 0.2) is 11.0 Å². The second-order valence-corrected chi connectivity index (χ2v) is 9.13. The van der Waals surface area contributed by atoms with Crippen LogP contribution in [0.15, 0.2) is 59.8 Å². The molecule has 1 fully saturated rings. The normalized spacial score (nSPS) is 14.2. The molecule has 1 aliphatic heterocycles. The summed E-state index contributed by atoms with van der Waals surface area (Å²) in [6.07, 6.45) is 1.68. The van der Waals surface area contributed by atoms with E-state index in [9.17, 15) is 14.7 Å². The first-order valence-corrected chi connectivity index (χ1v) is 12.3. The Balaban J connectivity index is 1.47. The molecule has 8 nitrogen and oxygen atoms in total. The van der Waals surface area contributed by atoms with Crippen LogP contribution in [0.2, 0.25) is 0 Å². The lowest BCUT2D eigenvalue weighted by Crippen LogP contribution is -2.44. The Morgan fingerprint density at radius 2 is 1.76 bits per heavy atom. The topological polar surface area (TPSA) is 100 Å². The molecule has 2 aromatic carbocycles. The van der Waals surface area contributed by atoms with Crippen LogP contribution in [0.4, 0.5) is 0 Å². The fourth-order valence-electron chi connectivity index (χ4n) is 4.02. The number of aryl methyl sites for hydroxylation is 1. The van der Waals surface area contributed by atoms with Crippen LogP contribution in [0.1, 0.15) is 18.4 Å². The van der Waals surface area contributed by atoms with Gasteiger partial charge in [-0.3, -0.25) is 4.79 Å². The lowest BCUT2D eigenvalue weighted by molar-refractivity contribution is -0.312. The molecule has 3 aromatic rings. The predicted molar refractivity (Wildman–Crippen MR) is 127 cm³/mol. The molecule has 0 aliphatic carbocycles. The first kappa shape index (κ1) is 23.8. The van der Waals surface area contributed by atoms with Crippen molar-refractivity contribution in [2.45, 2.75) is 31.0 Å². The molecule has 178 valence electrons. The molecule has 1 saturated heterocycles. The molecule has 34 heavy (non-hydrogen) atoms. The van der Waals surface area contributed by atoms with E-state index >= 15 is 0 Å². The number of piperidine rings is 1. The zero-order valence-corrected chi connectivity index (χ0v) is 19.9. The number of hydrogen-bond acceptors (Lipinski definition) is 7. The second kappa shape index (κ2) is 11.2. The highest BCUT2D eigenvalue weighted by molar-refractivity contribution is 7.99. The van der Waals surface area contributed by atoms with Gasteiger partial charge in [-0.15, -0.1) is 10.2 Å². The van der Waals surface area contributed by atoms with E-state index in [4.69, 9.17) is 4.74 Å². The number of carboxylic acids is 1. The van der Waals surface area contributed by atoms with Gasteiger partial charge in [0.1, 0.15) is 5.75 Å². The van der Waals surface area contributed by atoms with Crippen molar-refractivity contribution >= 4 is 23.6 Å². The van der Waals surface area contributed by atoms with Crippen LogP contribution in [0.5, 0.6) is 5.75 Å². The van der Waals surface area contributed by atoms with Gasteiger partial charge in [-0.2, -0.15) is 0 Å². The van der Waals surface area contributed by atoms with Gasteiger partial charge in [-0.25, -0.2) is 0 Å². The summed E-state index contributed by atoms with van der Waals surface area (Å²) in [6.45, 7) is 1.55. The Bertz CT molecular complexity index is 1110. The summed E-state index contributed by atoms with van der Waals surface area (Å²) in [4.78, 5) is 25.5. The summed E-state index contributed by atoms with van der Waals surface area (Å²) >= 11 is 1.36. The number of ether oxygens (including phenoxy) is 1. The van der Waals surface area contributed by atoms with Crippen LogP contribution in [-0.4, -0.2) is 57.5 Å². The lowest BCUT2D eigenvalue weighted by Gasteiger charge is -2.32. The number of hydrogen-bond donors (Lipinski definition) is 0. The van der Waals surface area contributed by atoms with Crippen LogP contribution in [-0.2, 0) is 22.6 Å². The quantitative estimate of drug-likeness (QED) is 0.434. The Labute approximate surface area is 202 Å². The summed E-state index contributed by atoms with van der Waals surface area (Å²) < 4.78 is 7.31. The Kier molecular flexibility index (Phi) is 7.84. The SMILES string of the molecule is COc1ccc(-c2nnc(SCC(=O)N3CCC(C(=O)[O-])CC3)n2CCc2ccccc2)cc1. The Morgan fingerprint density at radius 3 is 2.41 bits per heavy atom. The van der Waals surface area contributed by atoms with E-state index in [1.807, 2.05) is 42.5 Å². The van der Waals surface area contributed by atoms with E-state index in [0.29, 0.717) is 37.6 Å². The van der Waals surface area contributed by atoms with Gasteiger partial charge in [0.05, 0.1) is 12.9 Å². The molecule has 0 radical (unpaired) electrons. The van der Waals surface area contributed by atoms with Gasteiger partial charge in [0, 0.05) is 37.1 Å². The Hall–Kier alpha value is -3.33. The number of nitrogens with zero attached hydrogens (tertiary/aromatic N) is 4. The monoisotopic (exact) mass is 479 g/mol. The molecule has 2 heterocycles. The van der Waals surface area contributed by atoms with Crippen molar-refractivity contribution in [2.24, 2.45) is 5.92 Å². The molecular formula is C25H27N4O4S-.